The summed E-state index contributed by atoms with van der Waals surface area (Å²) in [6, 6.07) is 2.16. The van der Waals surface area contributed by atoms with E-state index >= 15 is 0 Å². The maximum absolute atomic E-state index is 13.5. The van der Waals surface area contributed by atoms with Crippen molar-refractivity contribution in [2.45, 2.75) is 75.5 Å². The van der Waals surface area contributed by atoms with Crippen LogP contribution < -0.4 is 33.6 Å². The van der Waals surface area contributed by atoms with Gasteiger partial charge in [0.05, 0.1) is 6.04 Å². The fourth-order valence-corrected chi connectivity index (χ4v) is 4.52. The van der Waals surface area contributed by atoms with E-state index in [0.717, 1.165) is 0 Å². The molecule has 1 aromatic rings. The molecule has 0 saturated carbocycles. The lowest BCUT2D eigenvalue weighted by molar-refractivity contribution is -0.149. The largest absolute Gasteiger partial charge is 0.508 e. The van der Waals surface area contributed by atoms with Crippen molar-refractivity contribution in [2.75, 3.05) is 19.6 Å². The molecule has 0 aliphatic carbocycles. The highest BCUT2D eigenvalue weighted by Gasteiger charge is 2.38. The third-order valence-corrected chi connectivity index (χ3v) is 6.70. The Bertz CT molecular complexity index is 1030. The number of aromatic hydroxyl groups is 1. The number of amides is 3. The van der Waals surface area contributed by atoms with Crippen molar-refractivity contribution in [1.29, 1.82) is 0 Å². The Morgan fingerprint density at radius 3 is 2.30 bits per heavy atom. The monoisotopic (exact) mass is 562 g/mol. The molecule has 1 heterocycles. The molecule has 0 spiro atoms. The predicted molar refractivity (Wildman–Crippen MR) is 149 cm³/mol. The van der Waals surface area contributed by atoms with E-state index in [9.17, 15) is 29.4 Å². The highest BCUT2D eigenvalue weighted by atomic mass is 16.4. The Balaban J connectivity index is 2.19. The molecule has 14 heteroatoms. The fourth-order valence-electron chi connectivity index (χ4n) is 4.52. The lowest BCUT2D eigenvalue weighted by Crippen LogP contribution is -2.57. The lowest BCUT2D eigenvalue weighted by atomic mass is 10.0. The zero-order valence-corrected chi connectivity index (χ0v) is 22.6. The number of rotatable bonds is 16. The minimum atomic E-state index is -1.11. The SMILES string of the molecule is NCCCC[C@H](NC(=O)[C@@H](N)CCCN=C(N)N)C(=O)N[C@@H](Cc1ccc(O)cc1)C(=O)N1CCC[C@H]1C(=O)O. The minimum absolute atomic E-state index is 0.0402. The van der Waals surface area contributed by atoms with Gasteiger partial charge in [0.1, 0.15) is 23.9 Å². The highest BCUT2D eigenvalue weighted by molar-refractivity contribution is 5.94. The Hall–Kier alpha value is -3.91. The summed E-state index contributed by atoms with van der Waals surface area (Å²) >= 11 is 0. The van der Waals surface area contributed by atoms with Gasteiger partial charge in [-0.25, -0.2) is 4.79 Å². The molecular weight excluding hydrogens is 520 g/mol. The second-order valence-electron chi connectivity index (χ2n) is 9.86. The van der Waals surface area contributed by atoms with Crippen molar-refractivity contribution in [3.63, 3.8) is 0 Å². The summed E-state index contributed by atoms with van der Waals surface area (Å²) in [7, 11) is 0. The molecule has 1 aliphatic heterocycles. The zero-order valence-electron chi connectivity index (χ0n) is 22.6. The molecular formula is C26H42N8O6. The number of phenols is 1. The third-order valence-electron chi connectivity index (χ3n) is 6.70. The van der Waals surface area contributed by atoms with Gasteiger partial charge in [0.15, 0.2) is 5.96 Å². The molecule has 0 radical (unpaired) electrons. The topological polar surface area (TPSA) is 252 Å². The first-order chi connectivity index (χ1) is 19.0. The number of nitrogens with two attached hydrogens (primary N) is 4. The number of carbonyl (C=O) groups excluding carboxylic acids is 3. The molecule has 40 heavy (non-hydrogen) atoms. The van der Waals surface area contributed by atoms with Crippen LogP contribution in [0.25, 0.3) is 0 Å². The van der Waals surface area contributed by atoms with Gasteiger partial charge >= 0.3 is 5.97 Å². The Morgan fingerprint density at radius 2 is 1.68 bits per heavy atom. The van der Waals surface area contributed by atoms with E-state index in [1.165, 1.54) is 17.0 Å². The molecule has 14 nitrogen and oxygen atoms in total. The van der Waals surface area contributed by atoms with Gasteiger partial charge in [0.2, 0.25) is 17.7 Å². The highest BCUT2D eigenvalue weighted by Crippen LogP contribution is 2.20. The molecule has 1 saturated heterocycles. The Morgan fingerprint density at radius 1 is 1.00 bits per heavy atom. The van der Waals surface area contributed by atoms with E-state index in [0.29, 0.717) is 50.8 Å². The number of nitrogens with zero attached hydrogens (tertiary/aromatic N) is 2. The molecule has 0 aromatic heterocycles. The predicted octanol–water partition coefficient (Wildman–Crippen LogP) is -1.51. The van der Waals surface area contributed by atoms with Crippen LogP contribution in [0, 0.1) is 0 Å². The van der Waals surface area contributed by atoms with Gasteiger partial charge in [-0.05, 0) is 69.2 Å². The summed E-state index contributed by atoms with van der Waals surface area (Å²) in [6.07, 6.45) is 3.07. The summed E-state index contributed by atoms with van der Waals surface area (Å²) in [4.78, 5) is 56.6. The van der Waals surface area contributed by atoms with Crippen LogP contribution in [0.4, 0.5) is 0 Å². The second-order valence-corrected chi connectivity index (χ2v) is 9.86. The van der Waals surface area contributed by atoms with Crippen LogP contribution in [0.1, 0.15) is 50.5 Å². The van der Waals surface area contributed by atoms with Gasteiger partial charge in [0, 0.05) is 19.5 Å². The number of carboxylic acid groups (broad SMARTS) is 1. The molecule has 1 aliphatic rings. The van der Waals surface area contributed by atoms with Crippen LogP contribution in [0.2, 0.25) is 0 Å². The van der Waals surface area contributed by atoms with Crippen LogP contribution in [0.5, 0.6) is 5.75 Å². The molecule has 222 valence electrons. The van der Waals surface area contributed by atoms with Crippen LogP contribution in [-0.4, -0.2) is 88.6 Å². The van der Waals surface area contributed by atoms with Crippen LogP contribution in [-0.2, 0) is 25.6 Å². The molecule has 0 unspecified atom stereocenters. The lowest BCUT2D eigenvalue weighted by Gasteiger charge is -2.29. The van der Waals surface area contributed by atoms with Crippen molar-refractivity contribution in [3.05, 3.63) is 29.8 Å². The van der Waals surface area contributed by atoms with Crippen LogP contribution in [0.3, 0.4) is 0 Å². The number of likely N-dealkylation sites (tertiary alicyclic amines) is 1. The molecule has 0 bridgehead atoms. The molecule has 4 atom stereocenters. The minimum Gasteiger partial charge on any atom is -0.508 e. The third kappa shape index (κ3) is 10.3. The zero-order chi connectivity index (χ0) is 29.7. The van der Waals surface area contributed by atoms with E-state index in [1.807, 2.05) is 0 Å². The van der Waals surface area contributed by atoms with Gasteiger partial charge in [-0.3, -0.25) is 19.4 Å². The van der Waals surface area contributed by atoms with Gasteiger partial charge in [0.25, 0.3) is 0 Å². The molecule has 1 fully saturated rings. The van der Waals surface area contributed by atoms with E-state index in [-0.39, 0.29) is 37.5 Å². The summed E-state index contributed by atoms with van der Waals surface area (Å²) in [6.45, 7) is 0.960. The van der Waals surface area contributed by atoms with Crippen LogP contribution in [0.15, 0.2) is 29.3 Å². The first kappa shape index (κ1) is 32.3. The number of guanidine groups is 1. The maximum atomic E-state index is 13.5. The molecule has 1 aromatic carbocycles. The second kappa shape index (κ2) is 16.3. The number of phenolic OH excluding ortho intramolecular Hbond substituents is 1. The van der Waals surface area contributed by atoms with Crippen molar-refractivity contribution in [3.8, 4) is 5.75 Å². The summed E-state index contributed by atoms with van der Waals surface area (Å²) < 4.78 is 0. The molecule has 12 N–H and O–H groups in total. The van der Waals surface area contributed by atoms with Crippen LogP contribution >= 0.6 is 0 Å². The van der Waals surface area contributed by atoms with Crippen molar-refractivity contribution < 1.29 is 29.4 Å². The van der Waals surface area contributed by atoms with E-state index in [2.05, 4.69) is 15.6 Å². The number of carbonyl (C=O) groups is 4. The standard InChI is InChI=1S/C26H42N8O6/c27-12-2-1-6-19(32-22(36)18(28)5-3-13-31-26(29)30)23(37)33-20(15-16-8-10-17(35)11-9-16)24(38)34-14-4-7-21(34)25(39)40/h8-11,18-21,35H,1-7,12-15,27-28H2,(H,32,36)(H,33,37)(H,39,40)(H4,29,30,31)/t18-,19-,20-,21-/m0/s1. The molecule has 2 rings (SSSR count). The number of aliphatic carboxylic acids is 1. The maximum Gasteiger partial charge on any atom is 0.326 e. The number of unbranched alkanes of at least 4 members (excludes halogenated alkanes) is 1. The van der Waals surface area contributed by atoms with Gasteiger partial charge in [-0.1, -0.05) is 12.1 Å². The summed E-state index contributed by atoms with van der Waals surface area (Å²) in [5.41, 5.74) is 22.9. The summed E-state index contributed by atoms with van der Waals surface area (Å²) in [5.74, 6) is -2.80. The van der Waals surface area contributed by atoms with Gasteiger partial charge in [-0.2, -0.15) is 0 Å². The van der Waals surface area contributed by atoms with Crippen molar-refractivity contribution in [1.82, 2.24) is 15.5 Å². The van der Waals surface area contributed by atoms with Crippen molar-refractivity contribution in [2.24, 2.45) is 27.9 Å². The Kier molecular flexibility index (Phi) is 13.1. The number of hydrogen-bond donors (Lipinski definition) is 8. The first-order valence-corrected chi connectivity index (χ1v) is 13.5. The van der Waals surface area contributed by atoms with E-state index in [4.69, 9.17) is 22.9 Å². The number of benzene rings is 1. The first-order valence-electron chi connectivity index (χ1n) is 13.5. The average Bonchev–Trinajstić information content (AvgIpc) is 3.41. The number of nitrogens with one attached hydrogen (secondary N) is 2. The number of aliphatic imine (C=N–C) groups is 1. The number of carboxylic acids is 1. The Labute approximate surface area is 233 Å². The average molecular weight is 563 g/mol. The van der Waals surface area contributed by atoms with Gasteiger partial charge < -0.3 is 48.7 Å². The summed E-state index contributed by atoms with van der Waals surface area (Å²) in [5, 5.41) is 24.6. The normalized spacial score (nSPS) is 16.9. The quantitative estimate of drug-likeness (QED) is 0.0656. The van der Waals surface area contributed by atoms with E-state index in [1.54, 1.807) is 12.1 Å². The smallest absolute Gasteiger partial charge is 0.326 e. The van der Waals surface area contributed by atoms with E-state index < -0.39 is 47.9 Å². The van der Waals surface area contributed by atoms with Gasteiger partial charge in [-0.15, -0.1) is 0 Å². The molecule has 3 amide bonds. The number of hydrogen-bond acceptors (Lipinski definition) is 8. The fraction of sp³-hybridized carbons (Fsp3) is 0.577. The van der Waals surface area contributed by atoms with Crippen molar-refractivity contribution >= 4 is 29.7 Å².